The maximum absolute atomic E-state index is 13.3. The van der Waals surface area contributed by atoms with E-state index in [2.05, 4.69) is 16.9 Å². The van der Waals surface area contributed by atoms with Crippen LogP contribution in [-0.2, 0) is 11.3 Å². The smallest absolute Gasteiger partial charge is 0.341 e. The standard InChI is InChI=1S/C25H25N5O4/c1-3-5-7-14-30-21-18(24(32)29-13-8-6-11-20(29)27-21)15-19(25(33)34-4-2)22(30)28-23(31)17-10-9-12-26-16-17/h6,8-13,15-16H,3-5,7,14H2,1-2H3. The average Bonchev–Trinajstić information content (AvgIpc) is 2.86. The van der Waals surface area contributed by atoms with Crippen LogP contribution in [0.2, 0.25) is 0 Å². The predicted molar refractivity (Wildman–Crippen MR) is 127 cm³/mol. The van der Waals surface area contributed by atoms with Crippen LogP contribution in [0.25, 0.3) is 16.7 Å². The second kappa shape index (κ2) is 10.2. The molecule has 174 valence electrons. The summed E-state index contributed by atoms with van der Waals surface area (Å²) < 4.78 is 8.35. The van der Waals surface area contributed by atoms with Crippen molar-refractivity contribution in [2.75, 3.05) is 6.61 Å². The Bertz CT molecular complexity index is 1490. The summed E-state index contributed by atoms with van der Waals surface area (Å²) >= 11 is 0. The highest BCUT2D eigenvalue weighted by Crippen LogP contribution is 2.13. The van der Waals surface area contributed by atoms with Crippen LogP contribution in [0.1, 0.15) is 53.8 Å². The van der Waals surface area contributed by atoms with E-state index in [-0.39, 0.29) is 34.2 Å². The molecule has 1 amide bonds. The van der Waals surface area contributed by atoms with Gasteiger partial charge in [0.1, 0.15) is 16.9 Å². The summed E-state index contributed by atoms with van der Waals surface area (Å²) in [6.45, 7) is 4.33. The molecule has 34 heavy (non-hydrogen) atoms. The summed E-state index contributed by atoms with van der Waals surface area (Å²) in [5.74, 6) is -1.22. The van der Waals surface area contributed by atoms with Crippen LogP contribution < -0.4 is 11.0 Å². The molecule has 0 bridgehead atoms. The third-order valence-corrected chi connectivity index (χ3v) is 5.39. The van der Waals surface area contributed by atoms with Gasteiger partial charge in [-0.2, -0.15) is 4.99 Å². The number of amides is 1. The van der Waals surface area contributed by atoms with Crippen molar-refractivity contribution >= 4 is 28.6 Å². The molecule has 0 saturated heterocycles. The number of pyridine rings is 3. The minimum absolute atomic E-state index is 0.0397. The summed E-state index contributed by atoms with van der Waals surface area (Å²) in [5, 5.41) is 0.246. The maximum atomic E-state index is 13.3. The molecule has 0 aliphatic rings. The molecule has 4 rings (SSSR count). The largest absolute Gasteiger partial charge is 0.462 e. The van der Waals surface area contributed by atoms with E-state index < -0.39 is 11.9 Å². The average molecular weight is 460 g/mol. The first-order valence-electron chi connectivity index (χ1n) is 11.3. The Labute approximate surface area is 195 Å². The van der Waals surface area contributed by atoms with E-state index in [1.165, 1.54) is 16.7 Å². The number of fused-ring (bicyclic) bond motifs is 2. The molecule has 0 unspecified atom stereocenters. The summed E-state index contributed by atoms with van der Waals surface area (Å²) in [6, 6.07) is 9.92. The van der Waals surface area contributed by atoms with Crippen molar-refractivity contribution < 1.29 is 14.3 Å². The molecular formula is C25H25N5O4. The van der Waals surface area contributed by atoms with Crippen LogP contribution in [-0.4, -0.2) is 37.4 Å². The second-order valence-electron chi connectivity index (χ2n) is 7.70. The van der Waals surface area contributed by atoms with E-state index >= 15 is 0 Å². The third-order valence-electron chi connectivity index (χ3n) is 5.39. The fourth-order valence-corrected chi connectivity index (χ4v) is 3.74. The van der Waals surface area contributed by atoms with Gasteiger partial charge in [-0.25, -0.2) is 9.78 Å². The number of hydrogen-bond acceptors (Lipinski definition) is 6. The molecule has 0 aliphatic carbocycles. The molecule has 0 N–H and O–H groups in total. The number of carbonyl (C=O) groups excluding carboxylic acids is 2. The van der Waals surface area contributed by atoms with Crippen LogP contribution >= 0.6 is 0 Å². The normalized spacial score (nSPS) is 11.8. The highest BCUT2D eigenvalue weighted by Gasteiger charge is 2.20. The van der Waals surface area contributed by atoms with Gasteiger partial charge in [0.2, 0.25) is 0 Å². The van der Waals surface area contributed by atoms with Crippen LogP contribution in [0.3, 0.4) is 0 Å². The highest BCUT2D eigenvalue weighted by atomic mass is 16.5. The van der Waals surface area contributed by atoms with Crippen LogP contribution in [0.5, 0.6) is 0 Å². The molecule has 0 spiro atoms. The predicted octanol–water partition coefficient (Wildman–Crippen LogP) is 3.15. The van der Waals surface area contributed by atoms with Crippen molar-refractivity contribution in [1.29, 1.82) is 0 Å². The highest BCUT2D eigenvalue weighted by molar-refractivity contribution is 5.97. The molecule has 4 aromatic rings. The molecule has 0 atom stereocenters. The minimum Gasteiger partial charge on any atom is -0.462 e. The van der Waals surface area contributed by atoms with Gasteiger partial charge in [0.25, 0.3) is 11.5 Å². The third kappa shape index (κ3) is 4.50. The second-order valence-corrected chi connectivity index (χ2v) is 7.70. The van der Waals surface area contributed by atoms with Gasteiger partial charge in [-0.1, -0.05) is 25.8 Å². The Hall–Kier alpha value is -4.14. The zero-order valence-electron chi connectivity index (χ0n) is 19.1. The van der Waals surface area contributed by atoms with Gasteiger partial charge in [-0.3, -0.25) is 19.0 Å². The van der Waals surface area contributed by atoms with E-state index in [1.54, 1.807) is 54.2 Å². The number of ether oxygens (including phenoxy) is 1. The Morgan fingerprint density at radius 2 is 1.97 bits per heavy atom. The van der Waals surface area contributed by atoms with Crippen LogP contribution in [0, 0.1) is 0 Å². The van der Waals surface area contributed by atoms with Gasteiger partial charge in [-0.05, 0) is 43.7 Å². The molecule has 0 radical (unpaired) electrons. The van der Waals surface area contributed by atoms with E-state index in [1.807, 2.05) is 0 Å². The molecule has 9 nitrogen and oxygen atoms in total. The summed E-state index contributed by atoms with van der Waals surface area (Å²) in [7, 11) is 0. The van der Waals surface area contributed by atoms with E-state index in [0.717, 1.165) is 19.3 Å². The van der Waals surface area contributed by atoms with Crippen molar-refractivity contribution in [2.24, 2.45) is 4.99 Å². The maximum Gasteiger partial charge on any atom is 0.341 e. The Morgan fingerprint density at radius 1 is 1.12 bits per heavy atom. The van der Waals surface area contributed by atoms with Gasteiger partial charge in [-0.15, -0.1) is 0 Å². The monoisotopic (exact) mass is 459 g/mol. The number of carbonyl (C=O) groups is 2. The van der Waals surface area contributed by atoms with Crippen LogP contribution in [0.4, 0.5) is 0 Å². The Balaban J connectivity index is 2.09. The molecule has 4 heterocycles. The minimum atomic E-state index is -0.663. The van der Waals surface area contributed by atoms with Gasteiger partial charge in [0.15, 0.2) is 5.49 Å². The fraction of sp³-hybridized carbons (Fsp3) is 0.280. The zero-order chi connectivity index (χ0) is 24.1. The van der Waals surface area contributed by atoms with E-state index in [0.29, 0.717) is 17.8 Å². The first-order valence-corrected chi connectivity index (χ1v) is 11.3. The molecule has 0 saturated carbocycles. The number of nitrogens with zero attached hydrogens (tertiary/aromatic N) is 5. The first-order chi connectivity index (χ1) is 16.5. The Kier molecular flexibility index (Phi) is 6.91. The van der Waals surface area contributed by atoms with Crippen molar-refractivity contribution in [3.8, 4) is 0 Å². The number of hydrogen-bond donors (Lipinski definition) is 0. The summed E-state index contributed by atoms with van der Waals surface area (Å²) in [4.78, 5) is 52.2. The number of aryl methyl sites for hydroxylation is 1. The lowest BCUT2D eigenvalue weighted by molar-refractivity contribution is 0.0523. The van der Waals surface area contributed by atoms with Crippen molar-refractivity contribution in [3.05, 3.63) is 82.0 Å². The SMILES string of the molecule is CCCCCn1c(=NC(=O)c2cccnc2)c(C(=O)OCC)cc2c(=O)n3ccccc3nc21. The summed E-state index contributed by atoms with van der Waals surface area (Å²) in [5.41, 5.74) is 0.932. The van der Waals surface area contributed by atoms with Crippen molar-refractivity contribution in [3.63, 3.8) is 0 Å². The van der Waals surface area contributed by atoms with Gasteiger partial charge in [0.05, 0.1) is 17.6 Å². The van der Waals surface area contributed by atoms with Crippen molar-refractivity contribution in [2.45, 2.75) is 39.7 Å². The number of unbranched alkanes of at least 4 members (excludes halogenated alkanes) is 2. The summed E-state index contributed by atoms with van der Waals surface area (Å²) in [6.07, 6.45) is 7.24. The van der Waals surface area contributed by atoms with Gasteiger partial charge in [0, 0.05) is 25.1 Å². The fourth-order valence-electron chi connectivity index (χ4n) is 3.74. The molecule has 4 aromatic heterocycles. The lowest BCUT2D eigenvalue weighted by Gasteiger charge is -2.15. The lowest BCUT2D eigenvalue weighted by Crippen LogP contribution is -2.33. The van der Waals surface area contributed by atoms with Crippen LogP contribution in [0.15, 0.2) is 64.8 Å². The Morgan fingerprint density at radius 3 is 2.71 bits per heavy atom. The van der Waals surface area contributed by atoms with Gasteiger partial charge >= 0.3 is 5.97 Å². The number of esters is 1. The molecule has 9 heteroatoms. The lowest BCUT2D eigenvalue weighted by atomic mass is 10.2. The van der Waals surface area contributed by atoms with Crippen molar-refractivity contribution in [1.82, 2.24) is 18.9 Å². The topological polar surface area (TPSA) is 108 Å². The van der Waals surface area contributed by atoms with Gasteiger partial charge < -0.3 is 9.30 Å². The first kappa shape index (κ1) is 23.0. The molecule has 0 fully saturated rings. The molecule has 0 aliphatic heterocycles. The zero-order valence-corrected chi connectivity index (χ0v) is 19.1. The molecular weight excluding hydrogens is 434 g/mol. The van der Waals surface area contributed by atoms with E-state index in [4.69, 9.17) is 9.72 Å². The number of rotatable bonds is 7. The molecule has 0 aromatic carbocycles. The quantitative estimate of drug-likeness (QED) is 0.239. The number of aromatic nitrogens is 4. The van der Waals surface area contributed by atoms with E-state index in [9.17, 15) is 14.4 Å².